The predicted octanol–water partition coefficient (Wildman–Crippen LogP) is 4.82. The van der Waals surface area contributed by atoms with Gasteiger partial charge < -0.3 is 15.4 Å². The lowest BCUT2D eigenvalue weighted by atomic mass is 10.1. The van der Waals surface area contributed by atoms with E-state index in [9.17, 15) is 4.79 Å². The van der Waals surface area contributed by atoms with E-state index in [-0.39, 0.29) is 17.7 Å². The summed E-state index contributed by atoms with van der Waals surface area (Å²) < 4.78 is 5.72. The molecule has 3 aromatic rings. The molecule has 0 aliphatic heterocycles. The number of rotatable bonds is 7. The third-order valence-corrected chi connectivity index (χ3v) is 4.02. The first-order valence-corrected chi connectivity index (χ1v) is 9.30. The van der Waals surface area contributed by atoms with Crippen LogP contribution in [0.1, 0.15) is 36.8 Å². The van der Waals surface area contributed by atoms with Crippen LogP contribution in [0.3, 0.4) is 0 Å². The van der Waals surface area contributed by atoms with E-state index in [0.29, 0.717) is 17.3 Å². The summed E-state index contributed by atoms with van der Waals surface area (Å²) in [6.07, 6.45) is 3.99. The molecule has 6 heteroatoms. The Labute approximate surface area is 165 Å². The highest BCUT2D eigenvalue weighted by molar-refractivity contribution is 6.03. The third-order valence-electron chi connectivity index (χ3n) is 4.02. The number of amides is 1. The van der Waals surface area contributed by atoms with Crippen LogP contribution < -0.4 is 15.4 Å². The number of nitrogens with zero attached hydrogens (tertiary/aromatic N) is 2. The fourth-order valence-electron chi connectivity index (χ4n) is 2.59. The maximum atomic E-state index is 12.5. The van der Waals surface area contributed by atoms with Gasteiger partial charge in [-0.1, -0.05) is 31.2 Å². The number of benzene rings is 2. The van der Waals surface area contributed by atoms with Gasteiger partial charge in [-0.15, -0.1) is 0 Å². The van der Waals surface area contributed by atoms with Crippen LogP contribution in [-0.4, -0.2) is 22.0 Å². The minimum atomic E-state index is -0.342. The molecule has 1 amide bonds. The van der Waals surface area contributed by atoms with Gasteiger partial charge in [-0.2, -0.15) is 0 Å². The van der Waals surface area contributed by atoms with E-state index in [1.807, 2.05) is 44.2 Å². The Morgan fingerprint density at radius 1 is 1.04 bits per heavy atom. The molecule has 1 aromatic heterocycles. The highest BCUT2D eigenvalue weighted by atomic mass is 16.5. The minimum absolute atomic E-state index is 0.00888. The first-order valence-electron chi connectivity index (χ1n) is 9.30. The lowest BCUT2D eigenvalue weighted by molar-refractivity contribution is 0.102. The molecule has 0 aliphatic rings. The second-order valence-corrected chi connectivity index (χ2v) is 6.58. The van der Waals surface area contributed by atoms with E-state index in [1.165, 1.54) is 11.8 Å². The van der Waals surface area contributed by atoms with Gasteiger partial charge in [0.25, 0.3) is 5.91 Å². The smallest absolute Gasteiger partial charge is 0.275 e. The summed E-state index contributed by atoms with van der Waals surface area (Å²) >= 11 is 0. The maximum Gasteiger partial charge on any atom is 0.275 e. The van der Waals surface area contributed by atoms with Crippen molar-refractivity contribution in [1.29, 1.82) is 0 Å². The predicted molar refractivity (Wildman–Crippen MR) is 111 cm³/mol. The van der Waals surface area contributed by atoms with Crippen LogP contribution in [0.5, 0.6) is 5.75 Å². The molecule has 28 heavy (non-hydrogen) atoms. The Balaban J connectivity index is 1.67. The summed E-state index contributed by atoms with van der Waals surface area (Å²) in [7, 11) is 0. The van der Waals surface area contributed by atoms with Crippen molar-refractivity contribution >= 4 is 23.1 Å². The van der Waals surface area contributed by atoms with Gasteiger partial charge in [-0.3, -0.25) is 4.79 Å². The number of nitrogens with one attached hydrogen (secondary N) is 2. The van der Waals surface area contributed by atoms with E-state index < -0.39 is 0 Å². The van der Waals surface area contributed by atoms with Crippen LogP contribution in [0.15, 0.2) is 60.9 Å². The van der Waals surface area contributed by atoms with Crippen molar-refractivity contribution in [2.24, 2.45) is 0 Å². The van der Waals surface area contributed by atoms with E-state index in [2.05, 4.69) is 39.7 Å². The molecule has 0 aliphatic carbocycles. The zero-order valence-electron chi connectivity index (χ0n) is 16.3. The van der Waals surface area contributed by atoms with Crippen LogP contribution in [0.2, 0.25) is 0 Å². The molecule has 2 N–H and O–H groups in total. The van der Waals surface area contributed by atoms with Crippen molar-refractivity contribution in [1.82, 2.24) is 9.97 Å². The van der Waals surface area contributed by atoms with Crippen LogP contribution >= 0.6 is 0 Å². The Kier molecular flexibility index (Phi) is 6.22. The summed E-state index contributed by atoms with van der Waals surface area (Å²) in [5.74, 6) is 0.850. The summed E-state index contributed by atoms with van der Waals surface area (Å²) in [6, 6.07) is 15.4. The number of ether oxygens (including phenoxy) is 1. The average Bonchev–Trinajstić information content (AvgIpc) is 2.70. The molecule has 0 atom stereocenters. The average molecular weight is 376 g/mol. The van der Waals surface area contributed by atoms with E-state index >= 15 is 0 Å². The SMILES string of the molecule is CCc1ccc(Nc2cnc(C(=O)Nc3ccccc3OC(C)C)cn2)cc1. The Bertz CT molecular complexity index is 922. The second kappa shape index (κ2) is 8.99. The van der Waals surface area contributed by atoms with Crippen molar-refractivity contribution in [3.8, 4) is 5.75 Å². The van der Waals surface area contributed by atoms with Gasteiger partial charge in [0.1, 0.15) is 17.3 Å². The first kappa shape index (κ1) is 19.4. The number of para-hydroxylation sites is 2. The molecule has 0 spiro atoms. The first-order chi connectivity index (χ1) is 13.5. The zero-order chi connectivity index (χ0) is 19.9. The van der Waals surface area contributed by atoms with Gasteiger partial charge in [0.15, 0.2) is 0 Å². The quantitative estimate of drug-likeness (QED) is 0.618. The number of aryl methyl sites for hydroxylation is 1. The van der Waals surface area contributed by atoms with Crippen LogP contribution in [0, 0.1) is 0 Å². The van der Waals surface area contributed by atoms with E-state index in [4.69, 9.17) is 4.74 Å². The number of carbonyl (C=O) groups is 1. The lowest BCUT2D eigenvalue weighted by Crippen LogP contribution is -2.16. The highest BCUT2D eigenvalue weighted by Gasteiger charge is 2.12. The standard InChI is InChI=1S/C22H24N4O2/c1-4-16-9-11-17(12-10-16)25-21-14-23-19(13-24-21)22(27)26-18-7-5-6-8-20(18)28-15(2)3/h5-15H,4H2,1-3H3,(H,24,25)(H,26,27). The maximum absolute atomic E-state index is 12.5. The summed E-state index contributed by atoms with van der Waals surface area (Å²) in [6.45, 7) is 5.99. The van der Waals surface area contributed by atoms with Crippen molar-refractivity contribution in [3.63, 3.8) is 0 Å². The number of anilines is 3. The fraction of sp³-hybridized carbons (Fsp3) is 0.227. The number of hydrogen-bond acceptors (Lipinski definition) is 5. The van der Waals surface area contributed by atoms with E-state index in [0.717, 1.165) is 12.1 Å². The molecule has 144 valence electrons. The molecule has 6 nitrogen and oxygen atoms in total. The van der Waals surface area contributed by atoms with Gasteiger partial charge >= 0.3 is 0 Å². The van der Waals surface area contributed by atoms with Crippen LogP contribution in [0.25, 0.3) is 0 Å². The molecule has 2 aromatic carbocycles. The molecule has 0 fully saturated rings. The number of carbonyl (C=O) groups excluding carboxylic acids is 1. The number of aromatic nitrogens is 2. The molecule has 3 rings (SSSR count). The molecule has 0 saturated carbocycles. The molecular weight excluding hydrogens is 352 g/mol. The normalized spacial score (nSPS) is 10.6. The molecule has 0 unspecified atom stereocenters. The molecule has 0 radical (unpaired) electrons. The fourth-order valence-corrected chi connectivity index (χ4v) is 2.59. The Morgan fingerprint density at radius 2 is 1.79 bits per heavy atom. The van der Waals surface area contributed by atoms with Gasteiger partial charge in [0.2, 0.25) is 0 Å². The van der Waals surface area contributed by atoms with Crippen molar-refractivity contribution < 1.29 is 9.53 Å². The van der Waals surface area contributed by atoms with Gasteiger partial charge in [-0.25, -0.2) is 9.97 Å². The highest BCUT2D eigenvalue weighted by Crippen LogP contribution is 2.25. The van der Waals surface area contributed by atoms with Crippen molar-refractivity contribution in [2.45, 2.75) is 33.3 Å². The second-order valence-electron chi connectivity index (χ2n) is 6.58. The zero-order valence-corrected chi connectivity index (χ0v) is 16.3. The monoisotopic (exact) mass is 376 g/mol. The van der Waals surface area contributed by atoms with Gasteiger partial charge in [0.05, 0.1) is 24.2 Å². The lowest BCUT2D eigenvalue weighted by Gasteiger charge is -2.14. The summed E-state index contributed by atoms with van der Waals surface area (Å²) in [5.41, 5.74) is 3.02. The minimum Gasteiger partial charge on any atom is -0.489 e. The Hall–Kier alpha value is -3.41. The van der Waals surface area contributed by atoms with Gasteiger partial charge in [-0.05, 0) is 50.1 Å². The van der Waals surface area contributed by atoms with Crippen molar-refractivity contribution in [2.75, 3.05) is 10.6 Å². The summed E-state index contributed by atoms with van der Waals surface area (Å²) in [5, 5.41) is 6.00. The third kappa shape index (κ3) is 5.07. The largest absolute Gasteiger partial charge is 0.489 e. The molecule has 0 saturated heterocycles. The van der Waals surface area contributed by atoms with E-state index in [1.54, 1.807) is 12.3 Å². The van der Waals surface area contributed by atoms with Crippen LogP contribution in [0.4, 0.5) is 17.2 Å². The van der Waals surface area contributed by atoms with Gasteiger partial charge in [0, 0.05) is 5.69 Å². The van der Waals surface area contributed by atoms with Crippen molar-refractivity contribution in [3.05, 3.63) is 72.2 Å². The molecule has 0 bridgehead atoms. The topological polar surface area (TPSA) is 76.1 Å². The van der Waals surface area contributed by atoms with Crippen LogP contribution in [-0.2, 0) is 6.42 Å². The Morgan fingerprint density at radius 3 is 2.43 bits per heavy atom. The molecular formula is C22H24N4O2. The number of hydrogen-bond donors (Lipinski definition) is 2. The molecule has 1 heterocycles. The summed E-state index contributed by atoms with van der Waals surface area (Å²) in [4.78, 5) is 21.0.